The van der Waals surface area contributed by atoms with Crippen LogP contribution in [0.1, 0.15) is 13.8 Å². The second-order valence-corrected chi connectivity index (χ2v) is 2.53. The van der Waals surface area contributed by atoms with Gasteiger partial charge in [0, 0.05) is 21.1 Å². The third-order valence-corrected chi connectivity index (χ3v) is 1.73. The third-order valence-electron chi connectivity index (χ3n) is 1.73. The van der Waals surface area contributed by atoms with Crippen LogP contribution in [0.3, 0.4) is 0 Å². The Bertz CT molecular complexity index is 208. The van der Waals surface area contributed by atoms with Crippen molar-refractivity contribution in [3.05, 3.63) is 0 Å². The van der Waals surface area contributed by atoms with Gasteiger partial charge < -0.3 is 14.3 Å². The molecule has 0 rings (SSSR count). The fourth-order valence-corrected chi connectivity index (χ4v) is 0.835. The van der Waals surface area contributed by atoms with E-state index in [9.17, 15) is 4.79 Å². The predicted octanol–water partition coefficient (Wildman–Crippen LogP) is 0.587. The van der Waals surface area contributed by atoms with Crippen molar-refractivity contribution in [3.8, 4) is 0 Å². The van der Waals surface area contributed by atoms with Gasteiger partial charge in [0.15, 0.2) is 11.5 Å². The van der Waals surface area contributed by atoms with Crippen LogP contribution in [0.2, 0.25) is 0 Å². The molecule has 0 heterocycles. The Hall–Kier alpha value is -0.940. The number of Topliss-reactive ketones (excluding diaryl/α,β-unsaturated/α-hetero) is 1. The lowest BCUT2D eigenvalue weighted by molar-refractivity contribution is -0.145. The SMILES string of the molecule is CON=C(C(C)=O)C(C)(OC)OC. The lowest BCUT2D eigenvalue weighted by Crippen LogP contribution is -2.43. The average molecular weight is 189 g/mol. The number of nitrogens with zero attached hydrogens (tertiary/aromatic N) is 1. The van der Waals surface area contributed by atoms with E-state index in [1.165, 1.54) is 28.3 Å². The van der Waals surface area contributed by atoms with Crippen molar-refractivity contribution in [1.82, 2.24) is 0 Å². The van der Waals surface area contributed by atoms with Crippen molar-refractivity contribution in [2.45, 2.75) is 19.6 Å². The van der Waals surface area contributed by atoms with Crippen LogP contribution in [0.25, 0.3) is 0 Å². The van der Waals surface area contributed by atoms with E-state index >= 15 is 0 Å². The Morgan fingerprint density at radius 3 is 1.92 bits per heavy atom. The number of methoxy groups -OCH3 is 2. The van der Waals surface area contributed by atoms with Crippen LogP contribution < -0.4 is 0 Å². The summed E-state index contributed by atoms with van der Waals surface area (Å²) in [6.45, 7) is 2.96. The second-order valence-electron chi connectivity index (χ2n) is 2.53. The van der Waals surface area contributed by atoms with Crippen molar-refractivity contribution in [2.75, 3.05) is 21.3 Å². The van der Waals surface area contributed by atoms with Crippen LogP contribution in [0, 0.1) is 0 Å². The minimum absolute atomic E-state index is 0.0972. The molecule has 0 bridgehead atoms. The molecule has 0 unspecified atom stereocenters. The van der Waals surface area contributed by atoms with Crippen LogP contribution in [0.5, 0.6) is 0 Å². The Morgan fingerprint density at radius 2 is 1.69 bits per heavy atom. The van der Waals surface area contributed by atoms with E-state index in [0.29, 0.717) is 0 Å². The number of hydrogen-bond acceptors (Lipinski definition) is 5. The lowest BCUT2D eigenvalue weighted by atomic mass is 10.1. The standard InChI is InChI=1S/C8H15NO4/c1-6(10)7(9-13-5)8(2,11-3)12-4/h1-5H3. The fourth-order valence-electron chi connectivity index (χ4n) is 0.835. The molecule has 5 heteroatoms. The third kappa shape index (κ3) is 2.78. The molecule has 0 aliphatic carbocycles. The van der Waals surface area contributed by atoms with E-state index in [-0.39, 0.29) is 11.5 Å². The topological polar surface area (TPSA) is 57.1 Å². The Balaban J connectivity index is 4.92. The molecule has 76 valence electrons. The van der Waals surface area contributed by atoms with E-state index < -0.39 is 5.79 Å². The molecule has 0 N–H and O–H groups in total. The van der Waals surface area contributed by atoms with Gasteiger partial charge in [-0.15, -0.1) is 0 Å². The highest BCUT2D eigenvalue weighted by Crippen LogP contribution is 2.13. The zero-order chi connectivity index (χ0) is 10.5. The molecule has 0 radical (unpaired) electrons. The molecule has 0 saturated carbocycles. The molecular formula is C8H15NO4. The second kappa shape index (κ2) is 4.94. The highest BCUT2D eigenvalue weighted by molar-refractivity contribution is 6.41. The summed E-state index contributed by atoms with van der Waals surface area (Å²) in [4.78, 5) is 15.6. The summed E-state index contributed by atoms with van der Waals surface area (Å²) in [6, 6.07) is 0. The van der Waals surface area contributed by atoms with Gasteiger partial charge in [0.05, 0.1) is 0 Å². The fraction of sp³-hybridized carbons (Fsp3) is 0.750. The molecule has 0 amide bonds. The zero-order valence-electron chi connectivity index (χ0n) is 8.58. The first kappa shape index (κ1) is 12.1. The zero-order valence-corrected chi connectivity index (χ0v) is 8.58. The molecule has 0 fully saturated rings. The molecule has 0 saturated heterocycles. The first-order chi connectivity index (χ1) is 6.01. The van der Waals surface area contributed by atoms with Crippen molar-refractivity contribution in [2.24, 2.45) is 5.16 Å². The summed E-state index contributed by atoms with van der Waals surface area (Å²) >= 11 is 0. The van der Waals surface area contributed by atoms with Gasteiger partial charge in [-0.2, -0.15) is 0 Å². The molecule has 0 spiro atoms. The molecule has 5 nitrogen and oxygen atoms in total. The monoisotopic (exact) mass is 189 g/mol. The highest BCUT2D eigenvalue weighted by atomic mass is 16.7. The van der Waals surface area contributed by atoms with Crippen LogP contribution in [-0.4, -0.2) is 38.6 Å². The maximum atomic E-state index is 11.1. The maximum Gasteiger partial charge on any atom is 0.215 e. The highest BCUT2D eigenvalue weighted by Gasteiger charge is 2.34. The summed E-state index contributed by atoms with van der Waals surface area (Å²) in [6.07, 6.45) is 0. The Labute approximate surface area is 77.6 Å². The number of ether oxygens (including phenoxy) is 2. The summed E-state index contributed by atoms with van der Waals surface area (Å²) in [5.41, 5.74) is 0.0972. The minimum atomic E-state index is -1.15. The molecule has 0 aromatic heterocycles. The number of hydrogen-bond donors (Lipinski definition) is 0. The smallest absolute Gasteiger partial charge is 0.215 e. The Morgan fingerprint density at radius 1 is 1.23 bits per heavy atom. The first-order valence-corrected chi connectivity index (χ1v) is 3.74. The number of ketones is 1. The molecule has 0 aliphatic rings. The average Bonchev–Trinajstić information content (AvgIpc) is 2.12. The van der Waals surface area contributed by atoms with Gasteiger partial charge in [-0.3, -0.25) is 4.79 Å². The van der Waals surface area contributed by atoms with E-state index in [2.05, 4.69) is 9.99 Å². The van der Waals surface area contributed by atoms with E-state index in [1.54, 1.807) is 6.92 Å². The van der Waals surface area contributed by atoms with E-state index in [0.717, 1.165) is 0 Å². The van der Waals surface area contributed by atoms with Gasteiger partial charge in [0.2, 0.25) is 5.79 Å². The van der Waals surface area contributed by atoms with Gasteiger partial charge in [-0.05, 0) is 6.92 Å². The molecular weight excluding hydrogens is 174 g/mol. The summed E-state index contributed by atoms with van der Waals surface area (Å²) in [5.74, 6) is -1.41. The van der Waals surface area contributed by atoms with E-state index in [4.69, 9.17) is 9.47 Å². The van der Waals surface area contributed by atoms with Gasteiger partial charge in [0.1, 0.15) is 7.11 Å². The van der Waals surface area contributed by atoms with Crippen molar-refractivity contribution in [3.63, 3.8) is 0 Å². The Kier molecular flexibility index (Phi) is 4.58. The number of carbonyl (C=O) groups is 1. The van der Waals surface area contributed by atoms with Crippen LogP contribution in [0.15, 0.2) is 5.16 Å². The molecule has 0 atom stereocenters. The number of oxime groups is 1. The first-order valence-electron chi connectivity index (χ1n) is 3.74. The number of rotatable bonds is 5. The molecule has 0 aliphatic heterocycles. The maximum absolute atomic E-state index is 11.1. The van der Waals surface area contributed by atoms with Gasteiger partial charge in [-0.1, -0.05) is 5.16 Å². The largest absolute Gasteiger partial charge is 0.399 e. The van der Waals surface area contributed by atoms with E-state index in [1.807, 2.05) is 0 Å². The van der Waals surface area contributed by atoms with Crippen molar-refractivity contribution in [1.29, 1.82) is 0 Å². The van der Waals surface area contributed by atoms with Crippen LogP contribution in [0.4, 0.5) is 0 Å². The minimum Gasteiger partial charge on any atom is -0.399 e. The summed E-state index contributed by atoms with van der Waals surface area (Å²) in [7, 11) is 4.21. The van der Waals surface area contributed by atoms with Crippen molar-refractivity contribution >= 4 is 11.5 Å². The van der Waals surface area contributed by atoms with Gasteiger partial charge >= 0.3 is 0 Å². The number of carbonyl (C=O) groups excluding carboxylic acids is 1. The summed E-state index contributed by atoms with van der Waals surface area (Å²) in [5, 5.41) is 3.55. The van der Waals surface area contributed by atoms with Gasteiger partial charge in [0.25, 0.3) is 0 Å². The molecule has 0 aromatic carbocycles. The molecule has 13 heavy (non-hydrogen) atoms. The van der Waals surface area contributed by atoms with Crippen LogP contribution >= 0.6 is 0 Å². The summed E-state index contributed by atoms with van der Waals surface area (Å²) < 4.78 is 10.0. The lowest BCUT2D eigenvalue weighted by Gasteiger charge is -2.25. The normalized spacial score (nSPS) is 12.8. The van der Waals surface area contributed by atoms with Crippen molar-refractivity contribution < 1.29 is 19.1 Å². The van der Waals surface area contributed by atoms with Crippen LogP contribution in [-0.2, 0) is 19.1 Å². The predicted molar refractivity (Wildman–Crippen MR) is 47.5 cm³/mol. The quantitative estimate of drug-likeness (QED) is 0.361. The molecule has 0 aromatic rings. The van der Waals surface area contributed by atoms with Gasteiger partial charge in [-0.25, -0.2) is 0 Å².